The second-order valence-electron chi connectivity index (χ2n) is 11.2. The number of carbonyl (C=O) groups excluding carboxylic acids is 3. The molecule has 42 heavy (non-hydrogen) atoms. The van der Waals surface area contributed by atoms with Crippen molar-refractivity contribution in [2.75, 3.05) is 35.8 Å². The first kappa shape index (κ1) is 25.9. The van der Waals surface area contributed by atoms with Crippen molar-refractivity contribution >= 4 is 40.9 Å². The summed E-state index contributed by atoms with van der Waals surface area (Å²) in [7, 11) is 3.34. The zero-order chi connectivity index (χ0) is 29.1. The van der Waals surface area contributed by atoms with Gasteiger partial charge < -0.3 is 9.30 Å². The van der Waals surface area contributed by atoms with Gasteiger partial charge in [0.1, 0.15) is 12.4 Å². The van der Waals surface area contributed by atoms with Gasteiger partial charge in [0.15, 0.2) is 11.5 Å². The number of aryl methyl sites for hydroxylation is 1. The lowest BCUT2D eigenvalue weighted by Gasteiger charge is -2.17. The van der Waals surface area contributed by atoms with Crippen LogP contribution < -0.4 is 15.1 Å². The van der Waals surface area contributed by atoms with E-state index >= 15 is 0 Å². The van der Waals surface area contributed by atoms with E-state index in [4.69, 9.17) is 4.98 Å². The highest BCUT2D eigenvalue weighted by atomic mass is 16.2. The van der Waals surface area contributed by atoms with Crippen molar-refractivity contribution in [3.05, 3.63) is 59.7 Å². The molecular formula is C28H29N11O3. The van der Waals surface area contributed by atoms with Crippen LogP contribution in [0.3, 0.4) is 0 Å². The van der Waals surface area contributed by atoms with Gasteiger partial charge in [-0.2, -0.15) is 10.1 Å². The first-order valence-corrected chi connectivity index (χ1v) is 13.9. The van der Waals surface area contributed by atoms with E-state index in [0.717, 1.165) is 34.7 Å². The number of pyridine rings is 1. The zero-order valence-electron chi connectivity index (χ0n) is 23.4. The van der Waals surface area contributed by atoms with Crippen LogP contribution in [0.25, 0.3) is 5.65 Å². The molecule has 0 bridgehead atoms. The zero-order valence-corrected chi connectivity index (χ0v) is 23.4. The maximum Gasteiger partial charge on any atom is 0.331 e. The van der Waals surface area contributed by atoms with E-state index in [1.807, 2.05) is 47.8 Å². The third-order valence-electron chi connectivity index (χ3n) is 7.97. The first-order chi connectivity index (χ1) is 20.2. The predicted molar refractivity (Wildman–Crippen MR) is 151 cm³/mol. The summed E-state index contributed by atoms with van der Waals surface area (Å²) < 4.78 is 1.93. The number of carbonyl (C=O) groups is 3. The number of amides is 4. The number of nitrogens with one attached hydrogen (secondary N) is 1. The van der Waals surface area contributed by atoms with Crippen LogP contribution >= 0.6 is 0 Å². The Hall–Kier alpha value is -5.01. The summed E-state index contributed by atoms with van der Waals surface area (Å²) in [6.45, 7) is 2.27. The van der Waals surface area contributed by atoms with E-state index in [9.17, 15) is 14.4 Å². The Morgan fingerprint density at radius 3 is 2.74 bits per heavy atom. The van der Waals surface area contributed by atoms with Gasteiger partial charge in [-0.1, -0.05) is 0 Å². The Balaban J connectivity index is 1.08. The standard InChI is InChI=1S/C28H29N11O3/c1-15-6-7-29-24(31-15)19-9-20(19)26(41)34-27-33-22(10-30-35-27)36(2)12-18-13-38-11-17(16-4-5-16)8-21(25(38)32-18)39-14-23(40)37(3)28(39)42/h6-8,10-11,13,16,19-20H,4-5,9,12,14H2,1-3H3,(H,33,34,35,41). The quantitative estimate of drug-likeness (QED) is 0.314. The van der Waals surface area contributed by atoms with Gasteiger partial charge in [-0.15, -0.1) is 5.10 Å². The molecule has 0 aromatic carbocycles. The van der Waals surface area contributed by atoms with E-state index < -0.39 is 0 Å². The van der Waals surface area contributed by atoms with Crippen LogP contribution in [0.4, 0.5) is 22.2 Å². The number of urea groups is 1. The molecule has 14 heteroatoms. The van der Waals surface area contributed by atoms with E-state index in [1.165, 1.54) is 18.1 Å². The lowest BCUT2D eigenvalue weighted by atomic mass is 10.1. The van der Waals surface area contributed by atoms with Gasteiger partial charge in [-0.05, 0) is 49.8 Å². The molecule has 2 atom stereocenters. The van der Waals surface area contributed by atoms with Gasteiger partial charge >= 0.3 is 6.03 Å². The number of imidazole rings is 1. The second kappa shape index (κ2) is 9.82. The number of rotatable bonds is 8. The third kappa shape index (κ3) is 4.78. The fourth-order valence-electron chi connectivity index (χ4n) is 5.33. The highest BCUT2D eigenvalue weighted by Gasteiger charge is 2.46. The molecule has 2 aliphatic carbocycles. The van der Waals surface area contributed by atoms with Crippen molar-refractivity contribution < 1.29 is 14.4 Å². The average molecular weight is 568 g/mol. The molecule has 7 rings (SSSR count). The molecule has 4 aromatic heterocycles. The molecule has 1 saturated heterocycles. The molecule has 14 nitrogen and oxygen atoms in total. The summed E-state index contributed by atoms with van der Waals surface area (Å²) in [6.07, 6.45) is 10.1. The summed E-state index contributed by atoms with van der Waals surface area (Å²) in [5.74, 6) is 1.06. The van der Waals surface area contributed by atoms with Gasteiger partial charge in [0.25, 0.3) is 5.95 Å². The highest BCUT2D eigenvalue weighted by molar-refractivity contribution is 6.13. The highest BCUT2D eigenvalue weighted by Crippen LogP contribution is 2.46. The summed E-state index contributed by atoms with van der Waals surface area (Å²) in [5.41, 5.74) is 3.95. The van der Waals surface area contributed by atoms with Gasteiger partial charge in [-0.25, -0.2) is 19.7 Å². The van der Waals surface area contributed by atoms with E-state index in [2.05, 4.69) is 30.5 Å². The SMILES string of the molecule is Cc1ccnc(C2CC2C(=O)Nc2nncc(N(C)Cc3cn4cc(C5CC5)cc(N5CC(=O)N(C)C5=O)c4n3)n2)n1. The minimum Gasteiger partial charge on any atom is -0.352 e. The molecule has 2 unspecified atom stereocenters. The normalized spacial score (nSPS) is 20.0. The van der Waals surface area contributed by atoms with Gasteiger partial charge in [-0.3, -0.25) is 24.7 Å². The Labute approximate surface area is 240 Å². The van der Waals surface area contributed by atoms with Crippen LogP contribution in [0.2, 0.25) is 0 Å². The Kier molecular flexibility index (Phi) is 6.06. The molecule has 4 amide bonds. The summed E-state index contributed by atoms with van der Waals surface area (Å²) >= 11 is 0. The van der Waals surface area contributed by atoms with Crippen molar-refractivity contribution in [1.29, 1.82) is 0 Å². The van der Waals surface area contributed by atoms with Crippen molar-refractivity contribution in [3.8, 4) is 0 Å². The van der Waals surface area contributed by atoms with Gasteiger partial charge in [0.05, 0.1) is 24.1 Å². The fourth-order valence-corrected chi connectivity index (χ4v) is 5.33. The van der Waals surface area contributed by atoms with Crippen molar-refractivity contribution in [1.82, 2.24) is 39.4 Å². The number of hydrogen-bond donors (Lipinski definition) is 1. The molecule has 2 saturated carbocycles. The average Bonchev–Trinajstić information content (AvgIpc) is 3.90. The number of anilines is 3. The minimum absolute atomic E-state index is 0.0120. The number of aromatic nitrogens is 7. The lowest BCUT2D eigenvalue weighted by molar-refractivity contribution is -0.124. The summed E-state index contributed by atoms with van der Waals surface area (Å²) in [5, 5.41) is 10.8. The molecular weight excluding hydrogens is 538 g/mol. The molecule has 1 N–H and O–H groups in total. The Morgan fingerprint density at radius 2 is 2.00 bits per heavy atom. The lowest BCUT2D eigenvalue weighted by Crippen LogP contribution is -2.30. The molecule has 0 spiro atoms. The predicted octanol–water partition coefficient (Wildman–Crippen LogP) is 2.27. The number of fused-ring (bicyclic) bond motifs is 1. The number of imide groups is 1. The van der Waals surface area contributed by atoms with Crippen LogP contribution in [0.5, 0.6) is 0 Å². The molecule has 5 heterocycles. The Bertz CT molecular complexity index is 1750. The fraction of sp³-hybridized carbons (Fsp3) is 0.393. The topological polar surface area (TPSA) is 155 Å². The monoisotopic (exact) mass is 567 g/mol. The molecule has 3 fully saturated rings. The van der Waals surface area contributed by atoms with Crippen LogP contribution in [0, 0.1) is 12.8 Å². The third-order valence-corrected chi connectivity index (χ3v) is 7.97. The number of likely N-dealkylation sites (N-methyl/N-ethyl adjacent to an activating group) is 1. The summed E-state index contributed by atoms with van der Waals surface area (Å²) in [6, 6.07) is 3.45. The second-order valence-corrected chi connectivity index (χ2v) is 11.2. The van der Waals surface area contributed by atoms with Crippen LogP contribution in [-0.2, 0) is 16.1 Å². The molecule has 4 aromatic rings. The van der Waals surface area contributed by atoms with Crippen molar-refractivity contribution in [2.24, 2.45) is 5.92 Å². The molecule has 1 aliphatic heterocycles. The van der Waals surface area contributed by atoms with Gasteiger partial charge in [0.2, 0.25) is 11.8 Å². The van der Waals surface area contributed by atoms with E-state index in [-0.39, 0.29) is 42.2 Å². The summed E-state index contributed by atoms with van der Waals surface area (Å²) in [4.78, 5) is 60.4. The number of nitrogens with zero attached hydrogens (tertiary/aromatic N) is 10. The van der Waals surface area contributed by atoms with E-state index in [0.29, 0.717) is 41.9 Å². The first-order valence-electron chi connectivity index (χ1n) is 13.9. The van der Waals surface area contributed by atoms with Crippen molar-refractivity contribution in [2.45, 2.75) is 44.6 Å². The van der Waals surface area contributed by atoms with E-state index in [1.54, 1.807) is 6.20 Å². The number of hydrogen-bond acceptors (Lipinski definition) is 10. The minimum atomic E-state index is -0.359. The molecule has 214 valence electrons. The van der Waals surface area contributed by atoms with Gasteiger partial charge in [0, 0.05) is 50.2 Å². The maximum absolute atomic E-state index is 12.8. The smallest absolute Gasteiger partial charge is 0.331 e. The maximum atomic E-state index is 12.8. The molecule has 0 radical (unpaired) electrons. The molecule has 3 aliphatic rings. The van der Waals surface area contributed by atoms with Crippen LogP contribution in [0.1, 0.15) is 53.9 Å². The van der Waals surface area contributed by atoms with Crippen LogP contribution in [-0.4, -0.2) is 77.9 Å². The van der Waals surface area contributed by atoms with Crippen LogP contribution in [0.15, 0.2) is 36.9 Å². The largest absolute Gasteiger partial charge is 0.352 e. The Morgan fingerprint density at radius 1 is 1.17 bits per heavy atom. The van der Waals surface area contributed by atoms with Crippen molar-refractivity contribution in [3.63, 3.8) is 0 Å².